The highest BCUT2D eigenvalue weighted by Gasteiger charge is 2.28. The third-order valence-electron chi connectivity index (χ3n) is 5.28. The van der Waals surface area contributed by atoms with Crippen molar-refractivity contribution in [2.75, 3.05) is 6.61 Å². The van der Waals surface area contributed by atoms with Gasteiger partial charge in [0.2, 0.25) is 0 Å². The minimum atomic E-state index is -0.619. The van der Waals surface area contributed by atoms with E-state index in [1.807, 2.05) is 58.0 Å². The molecule has 7 heteroatoms. The fourth-order valence-electron chi connectivity index (χ4n) is 3.37. The normalized spacial score (nSPS) is 11.2. The summed E-state index contributed by atoms with van der Waals surface area (Å²) < 4.78 is 16.4. The molecule has 1 heterocycles. The van der Waals surface area contributed by atoms with Crippen molar-refractivity contribution in [1.29, 1.82) is 0 Å². The standard InChI is InChI=1S/C26H30N2O5/c1-18-22(19(2)33-27-18)16-31-23-14-10-9-13-21(23)25(30)32-17-24(29)28(26(3,4)5)15-20-11-7-6-8-12-20/h6-14H,15-17H2,1-5H3. The van der Waals surface area contributed by atoms with Crippen molar-refractivity contribution < 1.29 is 23.6 Å². The van der Waals surface area contributed by atoms with Crippen LogP contribution in [0.2, 0.25) is 0 Å². The number of rotatable bonds is 8. The molecule has 3 rings (SSSR count). The number of hydrogen-bond acceptors (Lipinski definition) is 6. The summed E-state index contributed by atoms with van der Waals surface area (Å²) in [4.78, 5) is 27.5. The van der Waals surface area contributed by atoms with E-state index < -0.39 is 11.5 Å². The van der Waals surface area contributed by atoms with E-state index in [1.165, 1.54) is 0 Å². The molecule has 0 unspecified atom stereocenters. The molecule has 0 aliphatic rings. The molecule has 1 amide bonds. The molecule has 1 aromatic heterocycles. The number of benzene rings is 2. The van der Waals surface area contributed by atoms with Crippen molar-refractivity contribution in [3.05, 3.63) is 82.7 Å². The van der Waals surface area contributed by atoms with Gasteiger partial charge in [-0.15, -0.1) is 0 Å². The second-order valence-electron chi connectivity index (χ2n) is 8.80. The average Bonchev–Trinajstić information content (AvgIpc) is 3.11. The van der Waals surface area contributed by atoms with Gasteiger partial charge in [0.15, 0.2) is 6.61 Å². The van der Waals surface area contributed by atoms with Crippen LogP contribution >= 0.6 is 0 Å². The number of aromatic nitrogens is 1. The first-order chi connectivity index (χ1) is 15.7. The smallest absolute Gasteiger partial charge is 0.342 e. The molecule has 0 N–H and O–H groups in total. The second kappa shape index (κ2) is 10.3. The Hall–Kier alpha value is -3.61. The molecule has 7 nitrogen and oxygen atoms in total. The fourth-order valence-corrected chi connectivity index (χ4v) is 3.37. The lowest BCUT2D eigenvalue weighted by Crippen LogP contribution is -2.46. The quantitative estimate of drug-likeness (QED) is 0.456. The molecule has 0 aliphatic carbocycles. The van der Waals surface area contributed by atoms with E-state index in [4.69, 9.17) is 14.0 Å². The molecule has 33 heavy (non-hydrogen) atoms. The molecular weight excluding hydrogens is 420 g/mol. The van der Waals surface area contributed by atoms with Gasteiger partial charge >= 0.3 is 5.97 Å². The topological polar surface area (TPSA) is 81.9 Å². The predicted octanol–water partition coefficient (Wildman–Crippen LogP) is 4.85. The number of ether oxygens (including phenoxy) is 2. The third-order valence-corrected chi connectivity index (χ3v) is 5.28. The highest BCUT2D eigenvalue weighted by molar-refractivity contribution is 5.94. The molecule has 0 spiro atoms. The van der Waals surface area contributed by atoms with Crippen molar-refractivity contribution in [2.45, 2.75) is 53.3 Å². The summed E-state index contributed by atoms with van der Waals surface area (Å²) in [6.45, 7) is 9.77. The summed E-state index contributed by atoms with van der Waals surface area (Å²) in [5.74, 6) is 0.144. The van der Waals surface area contributed by atoms with Crippen LogP contribution in [0.5, 0.6) is 5.75 Å². The van der Waals surface area contributed by atoms with Crippen molar-refractivity contribution in [3.8, 4) is 5.75 Å². The first-order valence-corrected chi connectivity index (χ1v) is 10.8. The maximum Gasteiger partial charge on any atom is 0.342 e. The minimum Gasteiger partial charge on any atom is -0.488 e. The fraction of sp³-hybridized carbons (Fsp3) is 0.346. The Morgan fingerprint density at radius 3 is 2.30 bits per heavy atom. The van der Waals surface area contributed by atoms with Crippen LogP contribution in [0.1, 0.15) is 53.7 Å². The van der Waals surface area contributed by atoms with Crippen LogP contribution in [-0.4, -0.2) is 34.1 Å². The number of para-hydroxylation sites is 1. The highest BCUT2D eigenvalue weighted by Crippen LogP contribution is 2.23. The molecule has 0 radical (unpaired) electrons. The van der Waals surface area contributed by atoms with Gasteiger partial charge in [-0.1, -0.05) is 47.6 Å². The lowest BCUT2D eigenvalue weighted by atomic mass is 10.0. The molecule has 0 atom stereocenters. The molecule has 0 aliphatic heterocycles. The number of hydrogen-bond donors (Lipinski definition) is 0. The van der Waals surface area contributed by atoms with Crippen LogP contribution in [0.4, 0.5) is 0 Å². The summed E-state index contributed by atoms with van der Waals surface area (Å²) in [7, 11) is 0. The van der Waals surface area contributed by atoms with Crippen molar-refractivity contribution >= 4 is 11.9 Å². The second-order valence-corrected chi connectivity index (χ2v) is 8.80. The Morgan fingerprint density at radius 1 is 1.00 bits per heavy atom. The van der Waals surface area contributed by atoms with E-state index in [9.17, 15) is 9.59 Å². The first-order valence-electron chi connectivity index (χ1n) is 10.8. The lowest BCUT2D eigenvalue weighted by molar-refractivity contribution is -0.140. The molecule has 2 aromatic carbocycles. The van der Waals surface area contributed by atoms with Crippen LogP contribution in [0.25, 0.3) is 0 Å². The maximum absolute atomic E-state index is 13.0. The van der Waals surface area contributed by atoms with E-state index in [2.05, 4.69) is 5.16 Å². The Balaban J connectivity index is 1.66. The third kappa shape index (κ3) is 6.22. The van der Waals surface area contributed by atoms with Gasteiger partial charge in [0.25, 0.3) is 5.91 Å². The number of carbonyl (C=O) groups excluding carboxylic acids is 2. The summed E-state index contributed by atoms with van der Waals surface area (Å²) in [6.07, 6.45) is 0. The molecule has 174 valence electrons. The average molecular weight is 451 g/mol. The van der Waals surface area contributed by atoms with Gasteiger partial charge in [0.05, 0.1) is 11.3 Å². The van der Waals surface area contributed by atoms with Gasteiger partial charge < -0.3 is 18.9 Å². The van der Waals surface area contributed by atoms with Gasteiger partial charge in [-0.25, -0.2) is 4.79 Å². The molecule has 3 aromatic rings. The van der Waals surface area contributed by atoms with Crippen LogP contribution in [0.3, 0.4) is 0 Å². The largest absolute Gasteiger partial charge is 0.488 e. The van der Waals surface area contributed by atoms with E-state index in [-0.39, 0.29) is 24.7 Å². The van der Waals surface area contributed by atoms with Crippen LogP contribution in [-0.2, 0) is 22.7 Å². The number of aryl methyl sites for hydroxylation is 2. The number of carbonyl (C=O) groups is 2. The van der Waals surface area contributed by atoms with Gasteiger partial charge in [-0.05, 0) is 52.3 Å². The summed E-state index contributed by atoms with van der Waals surface area (Å²) in [6, 6.07) is 16.5. The van der Waals surface area contributed by atoms with Gasteiger partial charge in [0.1, 0.15) is 23.7 Å². The zero-order valence-electron chi connectivity index (χ0n) is 19.8. The van der Waals surface area contributed by atoms with Crippen LogP contribution in [0, 0.1) is 13.8 Å². The number of esters is 1. The Morgan fingerprint density at radius 2 is 1.67 bits per heavy atom. The highest BCUT2D eigenvalue weighted by atomic mass is 16.5. The van der Waals surface area contributed by atoms with Crippen LogP contribution in [0.15, 0.2) is 59.1 Å². The van der Waals surface area contributed by atoms with E-state index >= 15 is 0 Å². The lowest BCUT2D eigenvalue weighted by Gasteiger charge is -2.35. The first kappa shape index (κ1) is 24.0. The molecule has 0 bridgehead atoms. The van der Waals surface area contributed by atoms with E-state index in [0.717, 1.165) is 16.8 Å². The zero-order chi connectivity index (χ0) is 24.0. The van der Waals surface area contributed by atoms with E-state index in [1.54, 1.807) is 36.1 Å². The zero-order valence-corrected chi connectivity index (χ0v) is 19.8. The number of amides is 1. The monoisotopic (exact) mass is 450 g/mol. The number of nitrogens with zero attached hydrogens (tertiary/aromatic N) is 2. The van der Waals surface area contributed by atoms with Crippen molar-refractivity contribution in [1.82, 2.24) is 10.1 Å². The summed E-state index contributed by atoms with van der Waals surface area (Å²) >= 11 is 0. The summed E-state index contributed by atoms with van der Waals surface area (Å²) in [5.41, 5.74) is 2.39. The molecule has 0 saturated carbocycles. The predicted molar refractivity (Wildman–Crippen MR) is 124 cm³/mol. The van der Waals surface area contributed by atoms with Crippen LogP contribution < -0.4 is 4.74 Å². The SMILES string of the molecule is Cc1noc(C)c1COc1ccccc1C(=O)OCC(=O)N(Cc1ccccc1)C(C)(C)C. The minimum absolute atomic E-state index is 0.208. The van der Waals surface area contributed by atoms with Gasteiger partial charge in [-0.2, -0.15) is 0 Å². The molecule has 0 saturated heterocycles. The maximum atomic E-state index is 13.0. The van der Waals surface area contributed by atoms with Gasteiger partial charge in [0, 0.05) is 12.1 Å². The molecular formula is C26H30N2O5. The van der Waals surface area contributed by atoms with Crippen molar-refractivity contribution in [3.63, 3.8) is 0 Å². The Kier molecular flexibility index (Phi) is 7.53. The molecule has 0 fully saturated rings. The Bertz CT molecular complexity index is 1080. The summed E-state index contributed by atoms with van der Waals surface area (Å²) in [5, 5.41) is 3.91. The Labute approximate surface area is 194 Å². The van der Waals surface area contributed by atoms with E-state index in [0.29, 0.717) is 18.1 Å². The van der Waals surface area contributed by atoms with Crippen molar-refractivity contribution in [2.24, 2.45) is 0 Å². The van der Waals surface area contributed by atoms with Gasteiger partial charge in [-0.3, -0.25) is 4.79 Å².